The van der Waals surface area contributed by atoms with Gasteiger partial charge < -0.3 is 20.5 Å². The number of carbonyl (C=O) groups excluding carboxylic acids is 2. The van der Waals surface area contributed by atoms with Crippen LogP contribution in [0.25, 0.3) is 0 Å². The van der Waals surface area contributed by atoms with Gasteiger partial charge in [-0.15, -0.1) is 0 Å². The van der Waals surface area contributed by atoms with Gasteiger partial charge in [-0.25, -0.2) is 0 Å². The Balaban J connectivity index is 1.61. The minimum atomic E-state index is -0.359. The summed E-state index contributed by atoms with van der Waals surface area (Å²) < 4.78 is 5.78. The molecular formula is C33H42N2O4. The van der Waals surface area contributed by atoms with Crippen LogP contribution in [0.2, 0.25) is 0 Å². The summed E-state index contributed by atoms with van der Waals surface area (Å²) in [4.78, 5) is 24.8. The normalized spacial score (nSPS) is 11.6. The Hall–Kier alpha value is -3.80. The smallest absolute Gasteiger partial charge is 0.224 e. The number of hydrogen-bond donors (Lipinski definition) is 3. The fraction of sp³-hybridized carbons (Fsp3) is 0.394. The number of ether oxygens (including phenoxy) is 1. The van der Waals surface area contributed by atoms with Crippen molar-refractivity contribution in [2.24, 2.45) is 0 Å². The summed E-state index contributed by atoms with van der Waals surface area (Å²) >= 11 is 0. The third kappa shape index (κ3) is 8.60. The molecule has 6 heteroatoms. The molecule has 3 aromatic rings. The van der Waals surface area contributed by atoms with Crippen LogP contribution >= 0.6 is 0 Å². The lowest BCUT2D eigenvalue weighted by atomic mass is 9.75. The van der Waals surface area contributed by atoms with Gasteiger partial charge in [0, 0.05) is 35.3 Å². The second-order valence-electron chi connectivity index (χ2n) is 11.4. The second kappa shape index (κ2) is 13.3. The van der Waals surface area contributed by atoms with E-state index in [1.807, 2.05) is 72.8 Å². The number of carbonyl (C=O) groups is 2. The standard InChI is InChI=1S/C33H42N2O4/c1-32(2,20-12-18-30(37)34-24-14-8-6-9-15-24)26-23-29(39-5)27(22-28(26)36)33(3,4)21-13-19-31(38)35-25-16-10-7-11-17-25/h6-11,14-17,22-23,36H,12-13,18-21H2,1-5H3,(H,34,37)(H,35,38). The maximum Gasteiger partial charge on any atom is 0.224 e. The van der Waals surface area contributed by atoms with Gasteiger partial charge in [-0.2, -0.15) is 0 Å². The Bertz CT molecular complexity index is 1240. The summed E-state index contributed by atoms with van der Waals surface area (Å²) in [6.07, 6.45) is 3.68. The predicted molar refractivity (Wildman–Crippen MR) is 159 cm³/mol. The van der Waals surface area contributed by atoms with Gasteiger partial charge in [0.15, 0.2) is 0 Å². The molecule has 3 rings (SSSR count). The highest BCUT2D eigenvalue weighted by Crippen LogP contribution is 2.44. The summed E-state index contributed by atoms with van der Waals surface area (Å²) in [6.45, 7) is 8.37. The lowest BCUT2D eigenvalue weighted by molar-refractivity contribution is -0.117. The lowest BCUT2D eigenvalue weighted by Gasteiger charge is -2.31. The molecule has 0 unspecified atom stereocenters. The number of amides is 2. The van der Waals surface area contributed by atoms with E-state index in [1.165, 1.54) is 0 Å². The minimum absolute atomic E-state index is 0.0126. The van der Waals surface area contributed by atoms with Crippen molar-refractivity contribution in [1.29, 1.82) is 0 Å². The van der Waals surface area contributed by atoms with Crippen molar-refractivity contribution in [2.75, 3.05) is 17.7 Å². The summed E-state index contributed by atoms with van der Waals surface area (Å²) in [5.41, 5.74) is 2.62. The Kier molecular flexibility index (Phi) is 10.2. The van der Waals surface area contributed by atoms with Gasteiger partial charge in [0.2, 0.25) is 11.8 Å². The number of phenolic OH excluding ortho intramolecular Hbond substituents is 1. The van der Waals surface area contributed by atoms with E-state index in [0.717, 1.165) is 41.1 Å². The number of anilines is 2. The SMILES string of the molecule is COc1cc(C(C)(C)CCCC(=O)Nc2ccccc2)c(O)cc1C(C)(C)CCCC(=O)Nc1ccccc1. The van der Waals surface area contributed by atoms with Crippen LogP contribution < -0.4 is 15.4 Å². The summed E-state index contributed by atoms with van der Waals surface area (Å²) in [7, 11) is 1.64. The van der Waals surface area contributed by atoms with Crippen LogP contribution in [0.5, 0.6) is 11.5 Å². The number of aromatic hydroxyl groups is 1. The van der Waals surface area contributed by atoms with E-state index in [1.54, 1.807) is 7.11 Å². The Morgan fingerprint density at radius 3 is 1.59 bits per heavy atom. The fourth-order valence-corrected chi connectivity index (χ4v) is 4.95. The monoisotopic (exact) mass is 530 g/mol. The van der Waals surface area contributed by atoms with Crippen molar-refractivity contribution in [3.8, 4) is 11.5 Å². The predicted octanol–water partition coefficient (Wildman–Crippen LogP) is 7.57. The number of methoxy groups -OCH3 is 1. The van der Waals surface area contributed by atoms with Crippen LogP contribution in [0.4, 0.5) is 11.4 Å². The van der Waals surface area contributed by atoms with Crippen LogP contribution in [-0.2, 0) is 20.4 Å². The zero-order valence-corrected chi connectivity index (χ0v) is 23.8. The number of hydrogen-bond acceptors (Lipinski definition) is 4. The van der Waals surface area contributed by atoms with E-state index in [-0.39, 0.29) is 28.4 Å². The first-order valence-electron chi connectivity index (χ1n) is 13.6. The summed E-state index contributed by atoms with van der Waals surface area (Å²) in [6, 6.07) is 22.6. The average Bonchev–Trinajstić information content (AvgIpc) is 2.89. The molecule has 208 valence electrons. The first-order valence-corrected chi connectivity index (χ1v) is 13.6. The van der Waals surface area contributed by atoms with Gasteiger partial charge in [0.25, 0.3) is 0 Å². The van der Waals surface area contributed by atoms with Gasteiger partial charge in [-0.3, -0.25) is 9.59 Å². The molecule has 0 fully saturated rings. The maximum absolute atomic E-state index is 12.4. The van der Waals surface area contributed by atoms with E-state index >= 15 is 0 Å². The highest BCUT2D eigenvalue weighted by Gasteiger charge is 2.30. The van der Waals surface area contributed by atoms with Gasteiger partial charge in [-0.05, 0) is 72.9 Å². The van der Waals surface area contributed by atoms with E-state index < -0.39 is 0 Å². The quantitative estimate of drug-likeness (QED) is 0.213. The molecule has 0 saturated heterocycles. The van der Waals surface area contributed by atoms with E-state index in [2.05, 4.69) is 38.3 Å². The molecule has 0 bridgehead atoms. The van der Waals surface area contributed by atoms with Crippen LogP contribution in [0.1, 0.15) is 77.3 Å². The van der Waals surface area contributed by atoms with E-state index in [0.29, 0.717) is 25.7 Å². The number of nitrogens with one attached hydrogen (secondary N) is 2. The lowest BCUT2D eigenvalue weighted by Crippen LogP contribution is -2.22. The van der Waals surface area contributed by atoms with Crippen molar-refractivity contribution in [1.82, 2.24) is 0 Å². The topological polar surface area (TPSA) is 87.7 Å². The van der Waals surface area contributed by atoms with Gasteiger partial charge >= 0.3 is 0 Å². The number of rotatable bonds is 13. The molecule has 0 aromatic heterocycles. The molecular weight excluding hydrogens is 488 g/mol. The minimum Gasteiger partial charge on any atom is -0.508 e. The van der Waals surface area contributed by atoms with E-state index in [4.69, 9.17) is 4.74 Å². The van der Waals surface area contributed by atoms with Gasteiger partial charge in [0.1, 0.15) is 11.5 Å². The van der Waals surface area contributed by atoms with Crippen molar-refractivity contribution in [2.45, 2.75) is 77.0 Å². The Morgan fingerprint density at radius 2 is 1.15 bits per heavy atom. The second-order valence-corrected chi connectivity index (χ2v) is 11.4. The van der Waals surface area contributed by atoms with Crippen molar-refractivity contribution in [3.05, 3.63) is 83.9 Å². The van der Waals surface area contributed by atoms with Crippen molar-refractivity contribution in [3.63, 3.8) is 0 Å². The molecule has 3 aromatic carbocycles. The molecule has 0 atom stereocenters. The molecule has 0 radical (unpaired) electrons. The van der Waals surface area contributed by atoms with Crippen molar-refractivity contribution >= 4 is 23.2 Å². The largest absolute Gasteiger partial charge is 0.508 e. The molecule has 39 heavy (non-hydrogen) atoms. The van der Waals surface area contributed by atoms with Crippen LogP contribution in [0, 0.1) is 0 Å². The van der Waals surface area contributed by atoms with E-state index in [9.17, 15) is 14.7 Å². The van der Waals surface area contributed by atoms with Gasteiger partial charge in [0.05, 0.1) is 7.11 Å². The van der Waals surface area contributed by atoms with Gasteiger partial charge in [-0.1, -0.05) is 64.1 Å². The zero-order valence-electron chi connectivity index (χ0n) is 23.8. The van der Waals surface area contributed by atoms with Crippen molar-refractivity contribution < 1.29 is 19.4 Å². The summed E-state index contributed by atoms with van der Waals surface area (Å²) in [5, 5.41) is 16.9. The Labute approximate surface area is 232 Å². The zero-order chi connectivity index (χ0) is 28.5. The highest BCUT2D eigenvalue weighted by atomic mass is 16.5. The van der Waals surface area contributed by atoms with Crippen LogP contribution in [0.15, 0.2) is 72.8 Å². The molecule has 0 aliphatic rings. The number of para-hydroxylation sites is 2. The molecule has 3 N–H and O–H groups in total. The van der Waals surface area contributed by atoms with Crippen LogP contribution in [0.3, 0.4) is 0 Å². The first kappa shape index (κ1) is 29.8. The average molecular weight is 531 g/mol. The van der Waals surface area contributed by atoms with Crippen LogP contribution in [-0.4, -0.2) is 24.0 Å². The summed E-state index contributed by atoms with van der Waals surface area (Å²) in [5.74, 6) is 0.908. The first-order chi connectivity index (χ1) is 18.5. The highest BCUT2D eigenvalue weighted by molar-refractivity contribution is 5.91. The third-order valence-corrected chi connectivity index (χ3v) is 7.30. The fourth-order valence-electron chi connectivity index (χ4n) is 4.95. The molecule has 2 amide bonds. The molecule has 6 nitrogen and oxygen atoms in total. The Morgan fingerprint density at radius 1 is 0.718 bits per heavy atom. The number of phenols is 1. The molecule has 0 spiro atoms. The number of benzene rings is 3. The molecule has 0 heterocycles. The maximum atomic E-state index is 12.4. The molecule has 0 aliphatic carbocycles. The molecule has 0 aliphatic heterocycles. The third-order valence-electron chi connectivity index (χ3n) is 7.30. The molecule has 0 saturated carbocycles.